The molecular weight excluding hydrogens is 298 g/mol. The lowest BCUT2D eigenvalue weighted by Gasteiger charge is -2.03. The van der Waals surface area contributed by atoms with Crippen LogP contribution < -0.4 is 4.74 Å². The van der Waals surface area contributed by atoms with Crippen molar-refractivity contribution in [2.45, 2.75) is 0 Å². The molecule has 2 rings (SSSR count). The van der Waals surface area contributed by atoms with Gasteiger partial charge in [-0.2, -0.15) is 0 Å². The Labute approximate surface area is 123 Å². The number of H-pyrrole nitrogens is 1. The first-order valence-electron chi connectivity index (χ1n) is 6.80. The molecule has 0 unspecified atom stereocenters. The van der Waals surface area contributed by atoms with Gasteiger partial charge in [0.1, 0.15) is 5.75 Å². The highest BCUT2D eigenvalue weighted by atomic mass is 32.2. The van der Waals surface area contributed by atoms with E-state index >= 15 is 0 Å². The molecule has 108 valence electrons. The van der Waals surface area contributed by atoms with E-state index in [9.17, 15) is 13.2 Å². The van der Waals surface area contributed by atoms with Crippen LogP contribution in [0.3, 0.4) is 0 Å². The van der Waals surface area contributed by atoms with Gasteiger partial charge in [0.05, 0.1) is 6.18 Å². The second kappa shape index (κ2) is 5.64. The van der Waals surface area contributed by atoms with Gasteiger partial charge in [-0.25, -0.2) is 18.3 Å². The van der Waals surface area contributed by atoms with Gasteiger partial charge in [-0.15, -0.1) is 5.10 Å². The molecule has 2 N–H and O–H groups in total. The molecule has 0 saturated carbocycles. The smallest absolute Gasteiger partial charge is 0.362 e. The average Bonchev–Trinajstić information content (AvgIpc) is 2.93. The third-order valence-electron chi connectivity index (χ3n) is 2.10. The minimum Gasteiger partial charge on any atom is -0.476 e. The van der Waals surface area contributed by atoms with Gasteiger partial charge in [0.2, 0.25) is 15.5 Å². The lowest BCUT2D eigenvalue weighted by molar-refractivity contribution is 0.0687. The maximum absolute atomic E-state index is 11.4. The molecule has 0 aliphatic rings. The Hall–Kier alpha value is -2.86. The maximum atomic E-state index is 11.4. The number of hydrogen-bond donors (Lipinski definition) is 2. The van der Waals surface area contributed by atoms with Crippen LogP contribution in [0.5, 0.6) is 11.6 Å². The quantitative estimate of drug-likeness (QED) is 0.798. The van der Waals surface area contributed by atoms with Gasteiger partial charge in [-0.3, -0.25) is 0 Å². The number of carbonyl (C=O) groups is 1. The standard InChI is InChI=1S/C12H9N3O5S/c1-21(18,19)6-5-8-3-2-4-9(7-8)20-11-10(12(16)17)13-15-14-11/h2-4,7H,1H3,(H,16,17)(H,13,14,15)/i1D3. The SMILES string of the molecule is [2H]C([2H])([2H])S(=O)(=O)C#Cc1cccc(Oc2[nH]nnc2C(=O)O)c1. The molecule has 0 fully saturated rings. The summed E-state index contributed by atoms with van der Waals surface area (Å²) in [6.07, 6.45) is -3.23. The number of aromatic nitrogens is 3. The van der Waals surface area contributed by atoms with E-state index < -0.39 is 27.7 Å². The zero-order valence-corrected chi connectivity index (χ0v) is 11.0. The van der Waals surface area contributed by atoms with E-state index in [4.69, 9.17) is 14.0 Å². The predicted octanol–water partition coefficient (Wildman–Crippen LogP) is 0.649. The molecule has 0 saturated heterocycles. The highest BCUT2D eigenvalue weighted by Crippen LogP contribution is 2.22. The Morgan fingerprint density at radius 2 is 2.33 bits per heavy atom. The number of hydrogen-bond acceptors (Lipinski definition) is 6. The van der Waals surface area contributed by atoms with Crippen molar-refractivity contribution in [2.75, 3.05) is 6.18 Å². The first-order valence-corrected chi connectivity index (χ1v) is 6.78. The van der Waals surface area contributed by atoms with Crippen LogP contribution in [0.1, 0.15) is 20.2 Å². The third kappa shape index (κ3) is 4.05. The van der Waals surface area contributed by atoms with Crippen LogP contribution in [0.15, 0.2) is 24.3 Å². The highest BCUT2D eigenvalue weighted by Gasteiger charge is 2.16. The van der Waals surface area contributed by atoms with Crippen molar-refractivity contribution in [3.63, 3.8) is 0 Å². The van der Waals surface area contributed by atoms with E-state index in [1.54, 1.807) is 5.25 Å². The molecular formula is C12H9N3O5S. The molecule has 0 amide bonds. The lowest BCUT2D eigenvalue weighted by atomic mass is 10.2. The van der Waals surface area contributed by atoms with Crippen LogP contribution in [0, 0.1) is 11.2 Å². The van der Waals surface area contributed by atoms with Crippen molar-refractivity contribution in [1.82, 2.24) is 15.4 Å². The van der Waals surface area contributed by atoms with Gasteiger partial charge < -0.3 is 9.84 Å². The highest BCUT2D eigenvalue weighted by molar-refractivity contribution is 7.95. The van der Waals surface area contributed by atoms with Crippen LogP contribution in [-0.2, 0) is 9.84 Å². The molecule has 1 aromatic carbocycles. The predicted molar refractivity (Wildman–Crippen MR) is 71.6 cm³/mol. The van der Waals surface area contributed by atoms with Crippen molar-refractivity contribution in [3.8, 4) is 22.8 Å². The second-order valence-electron chi connectivity index (χ2n) is 3.66. The van der Waals surface area contributed by atoms with Crippen LogP contribution in [0.4, 0.5) is 0 Å². The molecule has 0 atom stereocenters. The first kappa shape index (κ1) is 10.9. The van der Waals surface area contributed by atoms with Crippen LogP contribution in [0.2, 0.25) is 0 Å². The molecule has 1 aromatic heterocycles. The molecule has 8 nitrogen and oxygen atoms in total. The third-order valence-corrected chi connectivity index (χ3v) is 2.47. The number of carboxylic acid groups (broad SMARTS) is 1. The summed E-state index contributed by atoms with van der Waals surface area (Å²) in [5, 5.41) is 19.5. The van der Waals surface area contributed by atoms with Gasteiger partial charge >= 0.3 is 5.97 Å². The van der Waals surface area contributed by atoms with Gasteiger partial charge in [0, 0.05) is 14.9 Å². The monoisotopic (exact) mass is 310 g/mol. The number of carboxylic acids is 1. The van der Waals surface area contributed by atoms with E-state index in [1.165, 1.54) is 24.3 Å². The number of aromatic carboxylic acids is 1. The molecule has 9 heteroatoms. The van der Waals surface area contributed by atoms with Gasteiger partial charge in [-0.05, 0) is 24.1 Å². The summed E-state index contributed by atoms with van der Waals surface area (Å²) in [4.78, 5) is 10.9. The Morgan fingerprint density at radius 1 is 1.52 bits per heavy atom. The fourth-order valence-electron chi connectivity index (χ4n) is 1.31. The summed E-state index contributed by atoms with van der Waals surface area (Å²) >= 11 is 0. The Balaban J connectivity index is 2.28. The summed E-state index contributed by atoms with van der Waals surface area (Å²) in [7, 11) is -4.58. The summed E-state index contributed by atoms with van der Waals surface area (Å²) in [5.74, 6) is 0.771. The molecule has 0 radical (unpaired) electrons. The summed E-state index contributed by atoms with van der Waals surface area (Å²) in [6.45, 7) is 0. The lowest BCUT2D eigenvalue weighted by Crippen LogP contribution is -1.99. The summed E-state index contributed by atoms with van der Waals surface area (Å²) < 4.78 is 48.8. The van der Waals surface area contributed by atoms with E-state index in [0.717, 1.165) is 0 Å². The van der Waals surface area contributed by atoms with E-state index in [1.807, 2.05) is 0 Å². The van der Waals surface area contributed by atoms with Gasteiger partial charge in [-0.1, -0.05) is 11.3 Å². The Bertz CT molecular complexity index is 941. The fourth-order valence-corrected chi connectivity index (χ4v) is 1.56. The Kier molecular flexibility index (Phi) is 2.92. The topological polar surface area (TPSA) is 122 Å². The number of benzene rings is 1. The molecule has 21 heavy (non-hydrogen) atoms. The van der Waals surface area contributed by atoms with E-state index in [-0.39, 0.29) is 17.2 Å². The van der Waals surface area contributed by atoms with Crippen LogP contribution in [0.25, 0.3) is 0 Å². The van der Waals surface area contributed by atoms with Crippen LogP contribution in [-0.4, -0.2) is 41.1 Å². The molecule has 0 aliphatic carbocycles. The molecule has 0 spiro atoms. The van der Waals surface area contributed by atoms with Crippen molar-refractivity contribution >= 4 is 15.8 Å². The van der Waals surface area contributed by atoms with Crippen LogP contribution >= 0.6 is 0 Å². The molecule has 1 heterocycles. The zero-order valence-electron chi connectivity index (χ0n) is 13.2. The maximum Gasteiger partial charge on any atom is 0.362 e. The first-order chi connectivity index (χ1) is 11.1. The normalized spacial score (nSPS) is 13.2. The number of ether oxygens (including phenoxy) is 1. The largest absolute Gasteiger partial charge is 0.476 e. The second-order valence-corrected chi connectivity index (χ2v) is 4.87. The molecule has 2 aromatic rings. The number of nitrogens with one attached hydrogen (secondary N) is 1. The minimum absolute atomic E-state index is 0.127. The number of aromatic amines is 1. The summed E-state index contributed by atoms with van der Waals surface area (Å²) in [5.41, 5.74) is -0.277. The number of sulfone groups is 1. The Morgan fingerprint density at radius 3 is 3.05 bits per heavy atom. The van der Waals surface area contributed by atoms with Crippen molar-refractivity contribution in [3.05, 3.63) is 35.5 Å². The molecule has 0 aliphatic heterocycles. The number of rotatable bonds is 3. The number of nitrogens with zero attached hydrogens (tertiary/aromatic N) is 2. The van der Waals surface area contributed by atoms with Crippen molar-refractivity contribution in [1.29, 1.82) is 0 Å². The van der Waals surface area contributed by atoms with Gasteiger partial charge in [0.15, 0.2) is 0 Å². The zero-order chi connectivity index (χ0) is 18.0. The van der Waals surface area contributed by atoms with Gasteiger partial charge in [0.25, 0.3) is 5.88 Å². The fraction of sp³-hybridized carbons (Fsp3) is 0.0833. The minimum atomic E-state index is -4.58. The van der Waals surface area contributed by atoms with E-state index in [0.29, 0.717) is 0 Å². The van der Waals surface area contributed by atoms with Crippen molar-refractivity contribution < 1.29 is 27.2 Å². The average molecular weight is 310 g/mol. The van der Waals surface area contributed by atoms with E-state index in [2.05, 4.69) is 21.3 Å². The molecule has 0 bridgehead atoms. The van der Waals surface area contributed by atoms with Crippen molar-refractivity contribution in [2.24, 2.45) is 0 Å². The summed E-state index contributed by atoms with van der Waals surface area (Å²) in [6, 6.07) is 5.65.